The molecule has 0 atom stereocenters. The van der Waals surface area contributed by atoms with Crippen LogP contribution < -0.4 is 5.48 Å². The highest BCUT2D eigenvalue weighted by Gasteiger charge is 2.15. The van der Waals surface area contributed by atoms with E-state index in [-0.39, 0.29) is 0 Å². The average Bonchev–Trinajstić information content (AvgIpc) is 1.55. The first-order chi connectivity index (χ1) is 3.43. The molecule has 0 amide bonds. The molecule has 1 saturated carbocycles. The first kappa shape index (κ1) is 5.06. The molecule has 1 fully saturated rings. The monoisotopic (exact) mass is 101 g/mol. The van der Waals surface area contributed by atoms with Gasteiger partial charge in [0.25, 0.3) is 0 Å². The van der Waals surface area contributed by atoms with Gasteiger partial charge in [-0.25, -0.2) is 0 Å². The van der Waals surface area contributed by atoms with Crippen molar-refractivity contribution >= 4 is 0 Å². The maximum atomic E-state index is 4.70. The van der Waals surface area contributed by atoms with Crippen LogP contribution in [0.1, 0.15) is 19.3 Å². The average molecular weight is 101 g/mol. The summed E-state index contributed by atoms with van der Waals surface area (Å²) in [6.45, 7) is 0. The molecule has 1 aliphatic carbocycles. The highest BCUT2D eigenvalue weighted by Crippen LogP contribution is 2.17. The van der Waals surface area contributed by atoms with E-state index >= 15 is 0 Å². The van der Waals surface area contributed by atoms with Crippen molar-refractivity contribution in [3.05, 3.63) is 0 Å². The van der Waals surface area contributed by atoms with Crippen molar-refractivity contribution in [1.82, 2.24) is 5.48 Å². The minimum absolute atomic E-state index is 0.657. The van der Waals surface area contributed by atoms with Gasteiger partial charge in [0.2, 0.25) is 0 Å². The molecule has 2 nitrogen and oxygen atoms in total. The molecule has 42 valence electrons. The Bertz CT molecular complexity index is 52.0. The van der Waals surface area contributed by atoms with E-state index in [0.717, 1.165) is 0 Å². The molecule has 1 N–H and O–H groups in total. The summed E-state index contributed by atoms with van der Waals surface area (Å²) in [4.78, 5) is 4.70. The van der Waals surface area contributed by atoms with Crippen molar-refractivity contribution in [1.29, 1.82) is 0 Å². The van der Waals surface area contributed by atoms with Crippen molar-refractivity contribution in [2.24, 2.45) is 0 Å². The van der Waals surface area contributed by atoms with Gasteiger partial charge in [0.05, 0.1) is 7.11 Å². The zero-order chi connectivity index (χ0) is 5.11. The zero-order valence-electron chi connectivity index (χ0n) is 4.61. The van der Waals surface area contributed by atoms with Crippen molar-refractivity contribution in [3.63, 3.8) is 0 Å². The van der Waals surface area contributed by atoms with Crippen molar-refractivity contribution in [2.45, 2.75) is 25.3 Å². The summed E-state index contributed by atoms with van der Waals surface area (Å²) in [7, 11) is 1.66. The van der Waals surface area contributed by atoms with Gasteiger partial charge in [0.15, 0.2) is 0 Å². The first-order valence-electron chi connectivity index (χ1n) is 2.72. The third-order valence-electron chi connectivity index (χ3n) is 1.39. The van der Waals surface area contributed by atoms with Gasteiger partial charge in [-0.1, -0.05) is 6.42 Å². The summed E-state index contributed by atoms with van der Waals surface area (Å²) in [5, 5.41) is 0. The molecule has 0 unspecified atom stereocenters. The van der Waals surface area contributed by atoms with Gasteiger partial charge in [-0.05, 0) is 12.8 Å². The van der Waals surface area contributed by atoms with Gasteiger partial charge in [-0.2, -0.15) is 5.48 Å². The smallest absolute Gasteiger partial charge is 0.0572 e. The van der Waals surface area contributed by atoms with E-state index in [0.29, 0.717) is 6.04 Å². The Labute approximate surface area is 43.8 Å². The number of hydrogen-bond donors (Lipinski definition) is 1. The largest absolute Gasteiger partial charge is 0.305 e. The second kappa shape index (κ2) is 2.28. The topological polar surface area (TPSA) is 21.3 Å². The molecule has 1 rings (SSSR count). The van der Waals surface area contributed by atoms with Crippen molar-refractivity contribution < 1.29 is 4.84 Å². The van der Waals surface area contributed by atoms with Crippen molar-refractivity contribution in [2.75, 3.05) is 7.11 Å². The second-order valence-corrected chi connectivity index (χ2v) is 1.95. The third-order valence-corrected chi connectivity index (χ3v) is 1.39. The Morgan fingerprint density at radius 3 is 2.43 bits per heavy atom. The predicted molar refractivity (Wildman–Crippen MR) is 27.8 cm³/mol. The van der Waals surface area contributed by atoms with Crippen LogP contribution in [0.4, 0.5) is 0 Å². The van der Waals surface area contributed by atoms with E-state index in [1.165, 1.54) is 19.3 Å². The number of nitrogens with one attached hydrogen (secondary N) is 1. The van der Waals surface area contributed by atoms with Crippen LogP contribution in [0.15, 0.2) is 0 Å². The minimum Gasteiger partial charge on any atom is -0.305 e. The van der Waals surface area contributed by atoms with Gasteiger partial charge < -0.3 is 4.84 Å². The molecule has 0 aromatic heterocycles. The number of rotatable bonds is 2. The van der Waals surface area contributed by atoms with Crippen LogP contribution in [0.5, 0.6) is 0 Å². The van der Waals surface area contributed by atoms with Gasteiger partial charge in [0.1, 0.15) is 0 Å². The predicted octanol–water partition coefficient (Wildman–Crippen LogP) is 0.690. The molecule has 0 bridgehead atoms. The molecule has 0 aromatic carbocycles. The first-order valence-corrected chi connectivity index (χ1v) is 2.72. The maximum Gasteiger partial charge on any atom is 0.0572 e. The lowest BCUT2D eigenvalue weighted by Gasteiger charge is -2.24. The summed E-state index contributed by atoms with van der Waals surface area (Å²) < 4.78 is 0. The van der Waals surface area contributed by atoms with Crippen LogP contribution in [-0.2, 0) is 4.84 Å². The Balaban J connectivity index is 1.93. The van der Waals surface area contributed by atoms with Crippen LogP contribution in [0.2, 0.25) is 0 Å². The van der Waals surface area contributed by atoms with Crippen molar-refractivity contribution in [3.8, 4) is 0 Å². The highest BCUT2D eigenvalue weighted by molar-refractivity contribution is 4.72. The summed E-state index contributed by atoms with van der Waals surface area (Å²) >= 11 is 0. The fourth-order valence-corrected chi connectivity index (χ4v) is 0.693. The van der Waals surface area contributed by atoms with Crippen LogP contribution in [-0.4, -0.2) is 13.2 Å². The molecule has 0 aromatic rings. The molecule has 2 heteroatoms. The maximum absolute atomic E-state index is 4.70. The quantitative estimate of drug-likeness (QED) is 0.517. The van der Waals surface area contributed by atoms with Crippen LogP contribution in [0, 0.1) is 0 Å². The Kier molecular flexibility index (Phi) is 1.65. The molecule has 0 aliphatic heterocycles. The van der Waals surface area contributed by atoms with Crippen LogP contribution in [0.25, 0.3) is 0 Å². The molecule has 7 heavy (non-hydrogen) atoms. The van der Waals surface area contributed by atoms with Gasteiger partial charge >= 0.3 is 0 Å². The molecule has 0 radical (unpaired) electrons. The Morgan fingerprint density at radius 1 is 1.57 bits per heavy atom. The third kappa shape index (κ3) is 1.14. The second-order valence-electron chi connectivity index (χ2n) is 1.95. The highest BCUT2D eigenvalue weighted by atomic mass is 16.6. The summed E-state index contributed by atoms with van der Waals surface area (Å²) in [5.41, 5.74) is 2.88. The molecule has 0 saturated heterocycles. The fourth-order valence-electron chi connectivity index (χ4n) is 0.693. The summed E-state index contributed by atoms with van der Waals surface area (Å²) in [5.74, 6) is 0. The minimum atomic E-state index is 0.657. The SMILES string of the molecule is CONC1CCC1. The van der Waals surface area contributed by atoms with Crippen LogP contribution in [0.3, 0.4) is 0 Å². The van der Waals surface area contributed by atoms with Crippen LogP contribution >= 0.6 is 0 Å². The van der Waals surface area contributed by atoms with E-state index in [2.05, 4.69) is 5.48 Å². The standard InChI is InChI=1S/C5H11NO/c1-7-6-5-3-2-4-5/h5-6H,2-4H2,1H3. The van der Waals surface area contributed by atoms with Gasteiger partial charge in [0, 0.05) is 6.04 Å². The molecule has 1 aliphatic rings. The number of hydrogen-bond acceptors (Lipinski definition) is 2. The summed E-state index contributed by atoms with van der Waals surface area (Å²) in [6, 6.07) is 0.657. The Hall–Kier alpha value is -0.0800. The van der Waals surface area contributed by atoms with E-state index < -0.39 is 0 Å². The molecular weight excluding hydrogens is 90.1 g/mol. The summed E-state index contributed by atoms with van der Waals surface area (Å²) in [6.07, 6.45) is 3.93. The van der Waals surface area contributed by atoms with E-state index in [1.807, 2.05) is 0 Å². The molecular formula is C5H11NO. The molecule has 0 spiro atoms. The van der Waals surface area contributed by atoms with E-state index in [4.69, 9.17) is 4.84 Å². The van der Waals surface area contributed by atoms with Gasteiger partial charge in [-0.15, -0.1) is 0 Å². The lowest BCUT2D eigenvalue weighted by molar-refractivity contribution is 0.0358. The lowest BCUT2D eigenvalue weighted by Crippen LogP contribution is -2.33. The lowest BCUT2D eigenvalue weighted by atomic mass is 9.94. The fraction of sp³-hybridized carbons (Fsp3) is 1.00. The van der Waals surface area contributed by atoms with E-state index in [9.17, 15) is 0 Å². The molecule has 0 heterocycles. The Morgan fingerprint density at radius 2 is 2.29 bits per heavy atom. The zero-order valence-corrected chi connectivity index (χ0v) is 4.61. The normalized spacial score (nSPS) is 21.9. The van der Waals surface area contributed by atoms with E-state index in [1.54, 1.807) is 7.11 Å². The number of hydroxylamine groups is 1. The van der Waals surface area contributed by atoms with Gasteiger partial charge in [-0.3, -0.25) is 0 Å².